The summed E-state index contributed by atoms with van der Waals surface area (Å²) in [6.07, 6.45) is 0.463. The number of fused-ring (bicyclic) bond motifs is 2. The van der Waals surface area contributed by atoms with Gasteiger partial charge >= 0.3 is 5.97 Å². The molecule has 0 saturated heterocycles. The van der Waals surface area contributed by atoms with Gasteiger partial charge in [-0.1, -0.05) is 32.6 Å². The highest BCUT2D eigenvalue weighted by Gasteiger charge is 2.62. The smallest absolute Gasteiger partial charge is 0.335 e. The third-order valence-corrected chi connectivity index (χ3v) is 4.84. The van der Waals surface area contributed by atoms with Crippen LogP contribution in [0.1, 0.15) is 27.2 Å². The van der Waals surface area contributed by atoms with Gasteiger partial charge in [0.05, 0.1) is 25.2 Å². The molecule has 0 aromatic rings. The van der Waals surface area contributed by atoms with Gasteiger partial charge in [0.25, 0.3) is 0 Å². The zero-order valence-electron chi connectivity index (χ0n) is 13.3. The second-order valence-corrected chi connectivity index (χ2v) is 6.56. The molecule has 1 fully saturated rings. The first-order valence-electron chi connectivity index (χ1n) is 6.91. The Hall–Kier alpha value is -1.84. The van der Waals surface area contributed by atoms with Gasteiger partial charge in [-0.2, -0.15) is 0 Å². The Kier molecular flexibility index (Phi) is 3.39. The van der Waals surface area contributed by atoms with E-state index < -0.39 is 16.8 Å². The second kappa shape index (κ2) is 4.58. The molecule has 2 unspecified atom stereocenters. The van der Waals surface area contributed by atoms with Crippen molar-refractivity contribution in [1.29, 1.82) is 0 Å². The first kappa shape index (κ1) is 15.5. The van der Waals surface area contributed by atoms with Crippen LogP contribution in [0.2, 0.25) is 0 Å². The molecule has 3 aliphatic carbocycles. The molecule has 4 nitrogen and oxygen atoms in total. The van der Waals surface area contributed by atoms with Crippen molar-refractivity contribution >= 4 is 11.8 Å². The van der Waals surface area contributed by atoms with E-state index in [-0.39, 0.29) is 11.7 Å². The number of carbonyl (C=O) groups is 2. The maximum absolute atomic E-state index is 12.9. The van der Waals surface area contributed by atoms with Gasteiger partial charge in [0.1, 0.15) is 11.5 Å². The fourth-order valence-electron chi connectivity index (χ4n) is 4.05. The number of hydrogen-bond acceptors (Lipinski definition) is 4. The van der Waals surface area contributed by atoms with Crippen LogP contribution in [-0.2, 0) is 19.1 Å². The maximum atomic E-state index is 12.9. The van der Waals surface area contributed by atoms with E-state index in [1.807, 2.05) is 13.8 Å². The third-order valence-electron chi connectivity index (χ3n) is 4.84. The summed E-state index contributed by atoms with van der Waals surface area (Å²) < 4.78 is 10.2. The minimum absolute atomic E-state index is 0.0421. The lowest BCUT2D eigenvalue weighted by molar-refractivity contribution is -0.147. The number of ketones is 1. The van der Waals surface area contributed by atoms with Crippen molar-refractivity contribution in [2.45, 2.75) is 27.2 Å². The van der Waals surface area contributed by atoms with Crippen LogP contribution >= 0.6 is 0 Å². The van der Waals surface area contributed by atoms with Gasteiger partial charge in [-0.25, -0.2) is 4.79 Å². The van der Waals surface area contributed by atoms with Crippen molar-refractivity contribution in [2.75, 3.05) is 14.2 Å². The van der Waals surface area contributed by atoms with Gasteiger partial charge in [0.15, 0.2) is 0 Å². The topological polar surface area (TPSA) is 52.6 Å². The van der Waals surface area contributed by atoms with Gasteiger partial charge in [-0.3, -0.25) is 4.79 Å². The molecule has 3 aliphatic rings. The Balaban J connectivity index is 2.85. The van der Waals surface area contributed by atoms with Crippen LogP contribution < -0.4 is 0 Å². The van der Waals surface area contributed by atoms with Crippen molar-refractivity contribution in [3.63, 3.8) is 0 Å². The molecule has 0 spiro atoms. The van der Waals surface area contributed by atoms with Crippen molar-refractivity contribution in [3.05, 3.63) is 35.6 Å². The molecule has 1 saturated carbocycles. The summed E-state index contributed by atoms with van der Waals surface area (Å²) in [6.45, 7) is 13.6. The van der Waals surface area contributed by atoms with E-state index in [0.29, 0.717) is 23.3 Å². The minimum Gasteiger partial charge on any atom is -0.497 e. The van der Waals surface area contributed by atoms with Gasteiger partial charge in [0.2, 0.25) is 0 Å². The van der Waals surface area contributed by atoms with E-state index in [1.54, 1.807) is 6.92 Å². The predicted molar refractivity (Wildman–Crippen MR) is 79.3 cm³/mol. The van der Waals surface area contributed by atoms with Crippen LogP contribution in [0.15, 0.2) is 35.6 Å². The molecule has 0 aliphatic heterocycles. The van der Waals surface area contributed by atoms with Crippen LogP contribution in [-0.4, -0.2) is 26.0 Å². The fraction of sp³-hybridized carbons (Fsp3) is 0.529. The molecule has 0 N–H and O–H groups in total. The predicted octanol–water partition coefficient (Wildman–Crippen LogP) is 2.81. The van der Waals surface area contributed by atoms with E-state index in [2.05, 4.69) is 13.2 Å². The van der Waals surface area contributed by atoms with Gasteiger partial charge in [-0.15, -0.1) is 0 Å². The lowest BCUT2D eigenvalue weighted by Gasteiger charge is -2.54. The molecule has 3 rings (SSSR count). The molecule has 114 valence electrons. The number of Topliss-reactive ketones (excluding diaryl/α,β-unsaturated/α-hetero) is 1. The normalized spacial score (nSPS) is 30.4. The lowest BCUT2D eigenvalue weighted by atomic mass is 9.47. The number of methoxy groups -OCH3 is 2. The molecular formula is C17H22O4. The van der Waals surface area contributed by atoms with Crippen LogP contribution in [0.3, 0.4) is 0 Å². The number of allylic oxidation sites excluding steroid dienone is 2. The molecule has 0 heterocycles. The summed E-state index contributed by atoms with van der Waals surface area (Å²) >= 11 is 0. The number of ether oxygens (including phenoxy) is 2. The maximum Gasteiger partial charge on any atom is 0.335 e. The molecule has 2 bridgehead atoms. The van der Waals surface area contributed by atoms with Crippen molar-refractivity contribution in [2.24, 2.45) is 16.7 Å². The number of hydrogen-bond donors (Lipinski definition) is 0. The van der Waals surface area contributed by atoms with Gasteiger partial charge < -0.3 is 9.47 Å². The SMILES string of the molecule is C=C(OC)C1=C(C(=O)OC)C2(C)CC(=C)C1C(C)(C)C2=O. The summed E-state index contributed by atoms with van der Waals surface area (Å²) in [5.41, 5.74) is 0.395. The van der Waals surface area contributed by atoms with E-state index in [4.69, 9.17) is 9.47 Å². The second-order valence-electron chi connectivity index (χ2n) is 6.56. The minimum atomic E-state index is -0.931. The van der Waals surface area contributed by atoms with Gasteiger partial charge in [-0.05, 0) is 13.3 Å². The average Bonchev–Trinajstić information content (AvgIpc) is 2.42. The summed E-state index contributed by atoms with van der Waals surface area (Å²) in [5.74, 6) is -0.325. The number of rotatable bonds is 3. The number of esters is 1. The Morgan fingerprint density at radius 2 is 1.81 bits per heavy atom. The largest absolute Gasteiger partial charge is 0.497 e. The standard InChI is InChI=1S/C17H22O4/c1-9-8-17(5)13(14(18)21-7)11(10(2)20-6)12(9)16(3,4)15(17)19/h12H,1-2,8H2,3-7H3. The summed E-state index contributed by atoms with van der Waals surface area (Å²) in [7, 11) is 2.82. The highest BCUT2D eigenvalue weighted by molar-refractivity contribution is 6.07. The molecule has 2 atom stereocenters. The average molecular weight is 290 g/mol. The van der Waals surface area contributed by atoms with Crippen molar-refractivity contribution in [1.82, 2.24) is 0 Å². The molecular weight excluding hydrogens is 268 g/mol. The first-order chi connectivity index (χ1) is 9.62. The molecule has 0 aromatic heterocycles. The zero-order valence-corrected chi connectivity index (χ0v) is 13.3. The molecule has 0 radical (unpaired) electrons. The van der Waals surface area contributed by atoms with E-state index >= 15 is 0 Å². The molecule has 4 heteroatoms. The Morgan fingerprint density at radius 3 is 2.29 bits per heavy atom. The Labute approximate surface area is 125 Å². The number of carbonyl (C=O) groups excluding carboxylic acids is 2. The van der Waals surface area contributed by atoms with Crippen molar-refractivity contribution in [3.8, 4) is 0 Å². The first-order valence-corrected chi connectivity index (χ1v) is 6.91. The lowest BCUT2D eigenvalue weighted by Crippen LogP contribution is -2.56. The summed E-state index contributed by atoms with van der Waals surface area (Å²) in [4.78, 5) is 25.2. The summed E-state index contributed by atoms with van der Waals surface area (Å²) in [6, 6.07) is 0. The molecule has 0 amide bonds. The van der Waals surface area contributed by atoms with E-state index in [1.165, 1.54) is 14.2 Å². The van der Waals surface area contributed by atoms with Crippen LogP contribution in [0.5, 0.6) is 0 Å². The highest BCUT2D eigenvalue weighted by Crippen LogP contribution is 2.61. The van der Waals surface area contributed by atoms with Crippen LogP contribution in [0, 0.1) is 16.7 Å². The molecule has 0 aromatic carbocycles. The summed E-state index contributed by atoms with van der Waals surface area (Å²) in [5, 5.41) is 0. The van der Waals surface area contributed by atoms with E-state index in [0.717, 1.165) is 5.57 Å². The quantitative estimate of drug-likeness (QED) is 0.455. The Bertz CT molecular complexity index is 594. The third kappa shape index (κ3) is 1.81. The van der Waals surface area contributed by atoms with E-state index in [9.17, 15) is 9.59 Å². The zero-order chi connectivity index (χ0) is 16.2. The van der Waals surface area contributed by atoms with Crippen molar-refractivity contribution < 1.29 is 19.1 Å². The fourth-order valence-corrected chi connectivity index (χ4v) is 4.05. The Morgan fingerprint density at radius 1 is 1.24 bits per heavy atom. The molecule has 21 heavy (non-hydrogen) atoms. The van der Waals surface area contributed by atoms with Crippen LogP contribution in [0.4, 0.5) is 0 Å². The van der Waals surface area contributed by atoms with Crippen LogP contribution in [0.25, 0.3) is 0 Å². The van der Waals surface area contributed by atoms with Gasteiger partial charge in [0, 0.05) is 16.9 Å². The highest BCUT2D eigenvalue weighted by atomic mass is 16.5. The monoisotopic (exact) mass is 290 g/mol.